The molecule has 1 amide bonds. The van der Waals surface area contributed by atoms with Gasteiger partial charge < -0.3 is 14.5 Å². The lowest BCUT2D eigenvalue weighted by atomic mass is 10.1. The molecule has 1 aromatic heterocycles. The van der Waals surface area contributed by atoms with Crippen LogP contribution in [0, 0.1) is 10.6 Å². The summed E-state index contributed by atoms with van der Waals surface area (Å²) in [6.07, 6.45) is 3.78. The second kappa shape index (κ2) is 5.97. The predicted molar refractivity (Wildman–Crippen MR) is 82.1 cm³/mol. The van der Waals surface area contributed by atoms with E-state index in [1.54, 1.807) is 10.6 Å². The van der Waals surface area contributed by atoms with Crippen LogP contribution in [0.25, 0.3) is 11.0 Å². The number of nitrogens with one attached hydrogen (secondary N) is 1. The van der Waals surface area contributed by atoms with Crippen LogP contribution < -0.4 is 0 Å². The molecule has 112 valence electrons. The average Bonchev–Trinajstić information content (AvgIpc) is 2.83. The van der Waals surface area contributed by atoms with Crippen molar-refractivity contribution in [3.05, 3.63) is 28.8 Å². The fourth-order valence-corrected chi connectivity index (χ4v) is 3.17. The van der Waals surface area contributed by atoms with Gasteiger partial charge in [-0.05, 0) is 43.6 Å². The van der Waals surface area contributed by atoms with Crippen molar-refractivity contribution in [3.63, 3.8) is 0 Å². The van der Waals surface area contributed by atoms with E-state index < -0.39 is 0 Å². The number of hydrogen-bond acceptors (Lipinski definition) is 2. The molecule has 1 aliphatic heterocycles. The Morgan fingerprint density at radius 3 is 2.81 bits per heavy atom. The molecule has 2 aromatic rings. The maximum absolute atomic E-state index is 13.7. The Morgan fingerprint density at radius 1 is 1.29 bits per heavy atom. The van der Waals surface area contributed by atoms with E-state index in [-0.39, 0.29) is 11.7 Å². The number of amides is 1. The molecule has 21 heavy (non-hydrogen) atoms. The topological polar surface area (TPSA) is 41.0 Å². The van der Waals surface area contributed by atoms with E-state index in [0.717, 1.165) is 25.9 Å². The van der Waals surface area contributed by atoms with Crippen LogP contribution >= 0.6 is 12.2 Å². The number of rotatable bonds is 3. The third-order valence-electron chi connectivity index (χ3n) is 4.02. The SMILES string of the molecule is O=C(CCn1c(=S)[nH]c2c(F)cccc21)N1CCCCC1. The van der Waals surface area contributed by atoms with Gasteiger partial charge in [-0.2, -0.15) is 0 Å². The molecule has 0 spiro atoms. The highest BCUT2D eigenvalue weighted by Gasteiger charge is 2.17. The van der Waals surface area contributed by atoms with Gasteiger partial charge in [0.05, 0.1) is 5.52 Å². The molecule has 0 bridgehead atoms. The Labute approximate surface area is 127 Å². The molecule has 2 heterocycles. The van der Waals surface area contributed by atoms with Crippen LogP contribution in [0.15, 0.2) is 18.2 Å². The maximum Gasteiger partial charge on any atom is 0.224 e. The summed E-state index contributed by atoms with van der Waals surface area (Å²) in [4.78, 5) is 17.0. The highest BCUT2D eigenvalue weighted by Crippen LogP contribution is 2.18. The van der Waals surface area contributed by atoms with Crippen molar-refractivity contribution in [1.82, 2.24) is 14.5 Å². The Morgan fingerprint density at radius 2 is 2.05 bits per heavy atom. The second-order valence-electron chi connectivity index (χ2n) is 5.41. The standard InChI is InChI=1S/C15H18FN3OS/c16-11-5-4-6-12-14(11)17-15(21)19(12)10-7-13(20)18-8-2-1-3-9-18/h4-6H,1-3,7-10H2,(H,17,21). The fourth-order valence-electron chi connectivity index (χ4n) is 2.88. The van der Waals surface area contributed by atoms with Crippen molar-refractivity contribution >= 4 is 29.2 Å². The fraction of sp³-hybridized carbons (Fsp3) is 0.467. The maximum atomic E-state index is 13.7. The Bertz CT molecular complexity index is 715. The lowest BCUT2D eigenvalue weighted by Crippen LogP contribution is -2.36. The number of benzene rings is 1. The molecule has 1 aliphatic rings. The molecule has 1 aromatic carbocycles. The van der Waals surface area contributed by atoms with E-state index in [1.165, 1.54) is 12.5 Å². The minimum atomic E-state index is -0.320. The van der Waals surface area contributed by atoms with E-state index in [0.29, 0.717) is 28.8 Å². The molecular formula is C15H18FN3OS. The van der Waals surface area contributed by atoms with Gasteiger partial charge in [-0.1, -0.05) is 6.07 Å². The van der Waals surface area contributed by atoms with Crippen LogP contribution in [0.3, 0.4) is 0 Å². The van der Waals surface area contributed by atoms with Crippen molar-refractivity contribution in [2.75, 3.05) is 13.1 Å². The molecule has 1 N–H and O–H groups in total. The molecule has 1 saturated heterocycles. The molecule has 0 unspecified atom stereocenters. The molecule has 0 atom stereocenters. The molecule has 3 rings (SSSR count). The Kier molecular flexibility index (Phi) is 4.05. The summed E-state index contributed by atoms with van der Waals surface area (Å²) >= 11 is 5.24. The number of aryl methyl sites for hydroxylation is 1. The van der Waals surface area contributed by atoms with Gasteiger partial charge in [0.15, 0.2) is 4.77 Å². The normalized spacial score (nSPS) is 15.6. The number of nitrogens with zero attached hydrogens (tertiary/aromatic N) is 2. The van der Waals surface area contributed by atoms with Crippen molar-refractivity contribution in [3.8, 4) is 0 Å². The number of piperidine rings is 1. The number of H-pyrrole nitrogens is 1. The van der Waals surface area contributed by atoms with Crippen molar-refractivity contribution in [2.45, 2.75) is 32.2 Å². The first kappa shape index (κ1) is 14.3. The summed E-state index contributed by atoms with van der Waals surface area (Å²) in [5, 5.41) is 0. The van der Waals surface area contributed by atoms with Crippen molar-refractivity contribution in [2.24, 2.45) is 0 Å². The van der Waals surface area contributed by atoms with Gasteiger partial charge in [0.1, 0.15) is 11.3 Å². The first-order valence-electron chi connectivity index (χ1n) is 7.31. The number of halogens is 1. The number of imidazole rings is 1. The van der Waals surface area contributed by atoms with Crippen molar-refractivity contribution < 1.29 is 9.18 Å². The van der Waals surface area contributed by atoms with Crippen LogP contribution in [-0.4, -0.2) is 33.4 Å². The molecular weight excluding hydrogens is 289 g/mol. The van der Waals surface area contributed by atoms with E-state index in [1.807, 2.05) is 11.0 Å². The first-order valence-corrected chi connectivity index (χ1v) is 7.72. The molecule has 1 fully saturated rings. The predicted octanol–water partition coefficient (Wildman–Crippen LogP) is 3.24. The van der Waals surface area contributed by atoms with Crippen LogP contribution in [-0.2, 0) is 11.3 Å². The largest absolute Gasteiger partial charge is 0.343 e. The number of aromatic nitrogens is 2. The second-order valence-corrected chi connectivity index (χ2v) is 5.79. The number of carbonyl (C=O) groups excluding carboxylic acids is 1. The quantitative estimate of drug-likeness (QED) is 0.884. The smallest absolute Gasteiger partial charge is 0.224 e. The lowest BCUT2D eigenvalue weighted by Gasteiger charge is -2.26. The average molecular weight is 307 g/mol. The van der Waals surface area contributed by atoms with Crippen molar-refractivity contribution in [1.29, 1.82) is 0 Å². The van der Waals surface area contributed by atoms with E-state index >= 15 is 0 Å². The van der Waals surface area contributed by atoms with Gasteiger partial charge in [0.2, 0.25) is 5.91 Å². The Balaban J connectivity index is 1.76. The summed E-state index contributed by atoms with van der Waals surface area (Å²) in [7, 11) is 0. The number of aromatic amines is 1. The molecule has 4 nitrogen and oxygen atoms in total. The number of hydrogen-bond donors (Lipinski definition) is 1. The number of para-hydroxylation sites is 1. The van der Waals surface area contributed by atoms with Crippen LogP contribution in [0.5, 0.6) is 0 Å². The van der Waals surface area contributed by atoms with Gasteiger partial charge in [-0.3, -0.25) is 4.79 Å². The van der Waals surface area contributed by atoms with Crippen LogP contribution in [0.4, 0.5) is 4.39 Å². The zero-order valence-electron chi connectivity index (χ0n) is 11.8. The summed E-state index contributed by atoms with van der Waals surface area (Å²) in [6, 6.07) is 4.87. The molecule has 6 heteroatoms. The van der Waals surface area contributed by atoms with Crippen LogP contribution in [0.2, 0.25) is 0 Å². The van der Waals surface area contributed by atoms with E-state index in [9.17, 15) is 9.18 Å². The summed E-state index contributed by atoms with van der Waals surface area (Å²) in [5.74, 6) is -0.165. The first-order chi connectivity index (χ1) is 10.2. The molecule has 0 radical (unpaired) electrons. The summed E-state index contributed by atoms with van der Waals surface area (Å²) < 4.78 is 16.0. The van der Waals surface area contributed by atoms with Gasteiger partial charge in [-0.25, -0.2) is 4.39 Å². The van der Waals surface area contributed by atoms with Gasteiger partial charge in [-0.15, -0.1) is 0 Å². The number of carbonyl (C=O) groups is 1. The monoisotopic (exact) mass is 307 g/mol. The Hall–Kier alpha value is -1.69. The third-order valence-corrected chi connectivity index (χ3v) is 4.34. The van der Waals surface area contributed by atoms with Gasteiger partial charge in [0.25, 0.3) is 0 Å². The number of fused-ring (bicyclic) bond motifs is 1. The van der Waals surface area contributed by atoms with Gasteiger partial charge >= 0.3 is 0 Å². The van der Waals surface area contributed by atoms with E-state index in [4.69, 9.17) is 12.2 Å². The zero-order chi connectivity index (χ0) is 14.8. The van der Waals surface area contributed by atoms with Gasteiger partial charge in [0, 0.05) is 26.1 Å². The zero-order valence-corrected chi connectivity index (χ0v) is 12.6. The highest BCUT2D eigenvalue weighted by molar-refractivity contribution is 7.71. The molecule has 0 aliphatic carbocycles. The molecule has 0 saturated carbocycles. The van der Waals surface area contributed by atoms with Crippen LogP contribution in [0.1, 0.15) is 25.7 Å². The number of likely N-dealkylation sites (tertiary alicyclic amines) is 1. The minimum absolute atomic E-state index is 0.155. The minimum Gasteiger partial charge on any atom is -0.343 e. The lowest BCUT2D eigenvalue weighted by molar-refractivity contribution is -0.132. The summed E-state index contributed by atoms with van der Waals surface area (Å²) in [6.45, 7) is 2.19. The van der Waals surface area contributed by atoms with E-state index in [2.05, 4.69) is 4.98 Å². The highest BCUT2D eigenvalue weighted by atomic mass is 32.1. The summed E-state index contributed by atoms with van der Waals surface area (Å²) in [5.41, 5.74) is 1.12. The third kappa shape index (κ3) is 2.85.